The van der Waals surface area contributed by atoms with Gasteiger partial charge < -0.3 is 10.1 Å². The van der Waals surface area contributed by atoms with Gasteiger partial charge in [0.15, 0.2) is 0 Å². The van der Waals surface area contributed by atoms with Gasteiger partial charge in [-0.2, -0.15) is 0 Å². The minimum atomic E-state index is 0.386. The Balaban J connectivity index is 1.67. The van der Waals surface area contributed by atoms with Gasteiger partial charge in [0.2, 0.25) is 0 Å². The lowest BCUT2D eigenvalue weighted by Gasteiger charge is -2.33. The monoisotopic (exact) mass is 268 g/mol. The van der Waals surface area contributed by atoms with Gasteiger partial charge in [0, 0.05) is 18.6 Å². The predicted octanol–water partition coefficient (Wildman–Crippen LogP) is 2.65. The number of likely N-dealkylation sites (tertiary alicyclic amines) is 1. The van der Waals surface area contributed by atoms with Crippen molar-refractivity contribution in [1.82, 2.24) is 10.2 Å². The second-order valence-corrected chi connectivity index (χ2v) is 7.37. The van der Waals surface area contributed by atoms with Gasteiger partial charge in [-0.25, -0.2) is 0 Å². The first-order chi connectivity index (χ1) is 8.97. The molecule has 0 spiro atoms. The van der Waals surface area contributed by atoms with Crippen LogP contribution < -0.4 is 5.32 Å². The van der Waals surface area contributed by atoms with E-state index < -0.39 is 0 Å². The molecular weight excluding hydrogens is 236 g/mol. The van der Waals surface area contributed by atoms with Crippen LogP contribution in [0.1, 0.15) is 53.4 Å². The summed E-state index contributed by atoms with van der Waals surface area (Å²) in [6, 6.07) is 0. The molecule has 2 heterocycles. The number of nitrogens with one attached hydrogen (secondary N) is 1. The van der Waals surface area contributed by atoms with Gasteiger partial charge in [0.05, 0.1) is 12.2 Å². The third kappa shape index (κ3) is 4.44. The van der Waals surface area contributed by atoms with Crippen LogP contribution in [0.5, 0.6) is 0 Å². The van der Waals surface area contributed by atoms with Crippen LogP contribution in [0.3, 0.4) is 0 Å². The number of ether oxygens (including phenoxy) is 1. The molecule has 0 aromatic carbocycles. The zero-order valence-corrected chi connectivity index (χ0v) is 13.2. The van der Waals surface area contributed by atoms with E-state index in [0.29, 0.717) is 17.7 Å². The number of hydrogen-bond acceptors (Lipinski definition) is 3. The molecule has 112 valence electrons. The van der Waals surface area contributed by atoms with E-state index in [1.54, 1.807) is 0 Å². The Hall–Kier alpha value is -0.120. The van der Waals surface area contributed by atoms with Crippen molar-refractivity contribution in [1.29, 1.82) is 0 Å². The van der Waals surface area contributed by atoms with Crippen molar-refractivity contribution in [2.24, 2.45) is 5.92 Å². The van der Waals surface area contributed by atoms with E-state index in [2.05, 4.69) is 37.9 Å². The molecule has 2 aliphatic heterocycles. The zero-order chi connectivity index (χ0) is 13.9. The van der Waals surface area contributed by atoms with Crippen LogP contribution in [0.25, 0.3) is 0 Å². The first-order valence-electron chi connectivity index (χ1n) is 8.08. The maximum atomic E-state index is 6.19. The quantitative estimate of drug-likeness (QED) is 0.801. The Morgan fingerprint density at radius 3 is 2.63 bits per heavy atom. The van der Waals surface area contributed by atoms with Crippen LogP contribution in [0.4, 0.5) is 0 Å². The maximum Gasteiger partial charge on any atom is 0.0707 e. The van der Waals surface area contributed by atoms with E-state index in [1.807, 2.05) is 0 Å². The summed E-state index contributed by atoms with van der Waals surface area (Å²) in [6.45, 7) is 13.8. The first-order valence-corrected chi connectivity index (χ1v) is 8.08. The fourth-order valence-corrected chi connectivity index (χ4v) is 3.35. The molecule has 0 aliphatic carbocycles. The maximum absolute atomic E-state index is 6.19. The van der Waals surface area contributed by atoms with Crippen LogP contribution in [0, 0.1) is 5.92 Å². The predicted molar refractivity (Wildman–Crippen MR) is 80.5 cm³/mol. The average Bonchev–Trinajstić information content (AvgIpc) is 2.87. The van der Waals surface area contributed by atoms with E-state index in [-0.39, 0.29) is 0 Å². The van der Waals surface area contributed by atoms with Crippen LogP contribution in [-0.4, -0.2) is 48.8 Å². The van der Waals surface area contributed by atoms with Gasteiger partial charge in [0.1, 0.15) is 0 Å². The summed E-state index contributed by atoms with van der Waals surface area (Å²) in [4.78, 5) is 2.63. The Kier molecular flexibility index (Phi) is 5.27. The molecule has 3 nitrogen and oxygen atoms in total. The van der Waals surface area contributed by atoms with E-state index in [9.17, 15) is 0 Å². The lowest BCUT2D eigenvalue weighted by molar-refractivity contribution is 0.0109. The third-order valence-corrected chi connectivity index (χ3v) is 4.62. The summed E-state index contributed by atoms with van der Waals surface area (Å²) in [6.07, 6.45) is 6.04. The second-order valence-electron chi connectivity index (χ2n) is 7.37. The normalized spacial score (nSPS) is 31.4. The van der Waals surface area contributed by atoms with Crippen LogP contribution >= 0.6 is 0 Å². The molecule has 3 heteroatoms. The summed E-state index contributed by atoms with van der Waals surface area (Å²) in [5, 5.41) is 3.52. The van der Waals surface area contributed by atoms with Crippen molar-refractivity contribution in [2.75, 3.05) is 26.2 Å². The highest BCUT2D eigenvalue weighted by Gasteiger charge is 2.35. The molecule has 0 aromatic rings. The summed E-state index contributed by atoms with van der Waals surface area (Å²) in [7, 11) is 0. The second kappa shape index (κ2) is 6.55. The molecule has 2 fully saturated rings. The Morgan fingerprint density at radius 2 is 2.00 bits per heavy atom. The first kappa shape index (κ1) is 15.3. The smallest absolute Gasteiger partial charge is 0.0707 e. The lowest BCUT2D eigenvalue weighted by atomic mass is 10.0. The molecule has 0 saturated carbocycles. The largest absolute Gasteiger partial charge is 0.372 e. The molecule has 2 atom stereocenters. The van der Waals surface area contributed by atoms with Crippen molar-refractivity contribution in [2.45, 2.75) is 71.1 Å². The van der Waals surface area contributed by atoms with Crippen molar-refractivity contribution in [3.05, 3.63) is 0 Å². The van der Waals surface area contributed by atoms with Crippen LogP contribution in [0.15, 0.2) is 0 Å². The topological polar surface area (TPSA) is 24.5 Å². The van der Waals surface area contributed by atoms with Crippen LogP contribution in [0.2, 0.25) is 0 Å². The fraction of sp³-hybridized carbons (Fsp3) is 1.00. The number of hydrogen-bond donors (Lipinski definition) is 1. The molecule has 2 rings (SSSR count). The summed E-state index contributed by atoms with van der Waals surface area (Å²) >= 11 is 0. The summed E-state index contributed by atoms with van der Waals surface area (Å²) < 4.78 is 6.19. The molecular formula is C16H32N2O. The molecule has 0 amide bonds. The highest BCUT2D eigenvalue weighted by atomic mass is 16.5. The fourth-order valence-electron chi connectivity index (χ4n) is 3.35. The average molecular weight is 268 g/mol. The molecule has 2 saturated heterocycles. The molecule has 19 heavy (non-hydrogen) atoms. The van der Waals surface area contributed by atoms with Crippen LogP contribution in [-0.2, 0) is 4.74 Å². The standard InChI is InChI=1S/C16H32N2O/c1-13(2)10-17-11-14-6-7-15(19-14)12-18-9-5-8-16(18,3)4/h13-15,17H,5-12H2,1-4H3. The van der Waals surface area contributed by atoms with Gasteiger partial charge in [0.25, 0.3) is 0 Å². The minimum absolute atomic E-state index is 0.386. The highest BCUT2D eigenvalue weighted by molar-refractivity contribution is 4.90. The van der Waals surface area contributed by atoms with Gasteiger partial charge in [-0.15, -0.1) is 0 Å². The zero-order valence-electron chi connectivity index (χ0n) is 13.2. The summed E-state index contributed by atoms with van der Waals surface area (Å²) in [5.41, 5.74) is 0.386. The van der Waals surface area contributed by atoms with Crippen molar-refractivity contribution < 1.29 is 4.74 Å². The highest BCUT2D eigenvalue weighted by Crippen LogP contribution is 2.30. The number of rotatable bonds is 6. The Morgan fingerprint density at radius 1 is 1.26 bits per heavy atom. The molecule has 0 bridgehead atoms. The molecule has 0 radical (unpaired) electrons. The van der Waals surface area contributed by atoms with Gasteiger partial charge in [-0.3, -0.25) is 4.90 Å². The van der Waals surface area contributed by atoms with Gasteiger partial charge >= 0.3 is 0 Å². The molecule has 2 aliphatic rings. The van der Waals surface area contributed by atoms with E-state index in [0.717, 1.165) is 25.6 Å². The Labute approximate surface area is 119 Å². The Bertz CT molecular complexity index is 278. The summed E-state index contributed by atoms with van der Waals surface area (Å²) in [5.74, 6) is 0.725. The molecule has 0 aromatic heterocycles. The number of nitrogens with zero attached hydrogens (tertiary/aromatic N) is 1. The van der Waals surface area contributed by atoms with E-state index >= 15 is 0 Å². The van der Waals surface area contributed by atoms with Gasteiger partial charge in [-0.05, 0) is 58.5 Å². The SMILES string of the molecule is CC(C)CNCC1CCC(CN2CCCC2(C)C)O1. The van der Waals surface area contributed by atoms with E-state index in [1.165, 1.54) is 32.2 Å². The van der Waals surface area contributed by atoms with Crippen molar-refractivity contribution >= 4 is 0 Å². The van der Waals surface area contributed by atoms with E-state index in [4.69, 9.17) is 4.74 Å². The molecule has 1 N–H and O–H groups in total. The lowest BCUT2D eigenvalue weighted by Crippen LogP contribution is -2.43. The minimum Gasteiger partial charge on any atom is -0.372 e. The van der Waals surface area contributed by atoms with Crippen molar-refractivity contribution in [3.8, 4) is 0 Å². The van der Waals surface area contributed by atoms with Gasteiger partial charge in [-0.1, -0.05) is 13.8 Å². The molecule has 2 unspecified atom stereocenters. The third-order valence-electron chi connectivity index (χ3n) is 4.62. The van der Waals surface area contributed by atoms with Crippen molar-refractivity contribution in [3.63, 3.8) is 0 Å².